The molecule has 0 bridgehead atoms. The standard InChI is InChI=1S/C19H25N3O.HI/c1-2-12-21-19(20)22-13-16-8-10-18(11-9-16)15-23-14-17-6-4-3-5-7-17;/h3-11H,2,12-15H2,1H3,(H3,20,21,22);1H. The Labute approximate surface area is 161 Å². The fourth-order valence-corrected chi connectivity index (χ4v) is 2.09. The van der Waals surface area contributed by atoms with Gasteiger partial charge in [-0.05, 0) is 23.1 Å². The van der Waals surface area contributed by atoms with Gasteiger partial charge in [0.05, 0.1) is 19.8 Å². The topological polar surface area (TPSA) is 59.6 Å². The molecule has 4 nitrogen and oxygen atoms in total. The van der Waals surface area contributed by atoms with E-state index in [0.717, 1.165) is 24.1 Å². The van der Waals surface area contributed by atoms with E-state index in [1.54, 1.807) is 0 Å². The number of nitrogens with zero attached hydrogens (tertiary/aromatic N) is 1. The Morgan fingerprint density at radius 3 is 2.17 bits per heavy atom. The Morgan fingerprint density at radius 1 is 0.958 bits per heavy atom. The van der Waals surface area contributed by atoms with Crippen molar-refractivity contribution in [2.75, 3.05) is 6.54 Å². The first-order valence-electron chi connectivity index (χ1n) is 8.01. The largest absolute Gasteiger partial charge is 0.372 e. The van der Waals surface area contributed by atoms with Crippen LogP contribution in [0.5, 0.6) is 0 Å². The maximum Gasteiger partial charge on any atom is 0.188 e. The number of nitrogens with one attached hydrogen (secondary N) is 1. The molecular weight excluding hydrogens is 413 g/mol. The summed E-state index contributed by atoms with van der Waals surface area (Å²) in [5.41, 5.74) is 9.26. The first-order valence-corrected chi connectivity index (χ1v) is 8.01. The number of aliphatic imine (C=N–C) groups is 1. The minimum Gasteiger partial charge on any atom is -0.372 e. The summed E-state index contributed by atoms with van der Waals surface area (Å²) in [6.07, 6.45) is 1.04. The zero-order valence-electron chi connectivity index (χ0n) is 14.1. The Hall–Kier alpha value is -1.60. The summed E-state index contributed by atoms with van der Waals surface area (Å²) >= 11 is 0. The smallest absolute Gasteiger partial charge is 0.188 e. The minimum atomic E-state index is 0. The summed E-state index contributed by atoms with van der Waals surface area (Å²) in [7, 11) is 0. The number of nitrogens with two attached hydrogens (primary N) is 1. The molecule has 0 atom stereocenters. The predicted molar refractivity (Wildman–Crippen MR) is 110 cm³/mol. The van der Waals surface area contributed by atoms with E-state index in [0.29, 0.717) is 25.7 Å². The fraction of sp³-hybridized carbons (Fsp3) is 0.316. The van der Waals surface area contributed by atoms with Gasteiger partial charge in [-0.2, -0.15) is 0 Å². The molecule has 0 saturated carbocycles. The van der Waals surface area contributed by atoms with Crippen LogP contribution >= 0.6 is 24.0 Å². The van der Waals surface area contributed by atoms with Gasteiger partial charge in [0.15, 0.2) is 5.96 Å². The lowest BCUT2D eigenvalue weighted by molar-refractivity contribution is 0.107. The first kappa shape index (κ1) is 20.4. The molecule has 5 heteroatoms. The molecule has 0 aliphatic rings. The van der Waals surface area contributed by atoms with Crippen LogP contribution in [-0.4, -0.2) is 12.5 Å². The number of rotatable bonds is 8. The highest BCUT2D eigenvalue weighted by molar-refractivity contribution is 14.0. The fourth-order valence-electron chi connectivity index (χ4n) is 2.09. The van der Waals surface area contributed by atoms with Gasteiger partial charge in [0.25, 0.3) is 0 Å². The number of benzene rings is 2. The van der Waals surface area contributed by atoms with Gasteiger partial charge in [-0.25, -0.2) is 4.99 Å². The maximum absolute atomic E-state index is 5.78. The van der Waals surface area contributed by atoms with Crippen molar-refractivity contribution in [2.45, 2.75) is 33.1 Å². The van der Waals surface area contributed by atoms with Gasteiger partial charge in [-0.1, -0.05) is 61.5 Å². The van der Waals surface area contributed by atoms with E-state index in [1.165, 1.54) is 5.56 Å². The Kier molecular flexibility index (Phi) is 10.1. The highest BCUT2D eigenvalue weighted by atomic mass is 127. The van der Waals surface area contributed by atoms with Gasteiger partial charge in [-0.15, -0.1) is 24.0 Å². The Bertz CT molecular complexity index is 600. The second-order valence-electron chi connectivity index (χ2n) is 5.42. The molecule has 0 radical (unpaired) electrons. The summed E-state index contributed by atoms with van der Waals surface area (Å²) in [4.78, 5) is 4.32. The third-order valence-electron chi connectivity index (χ3n) is 3.39. The summed E-state index contributed by atoms with van der Waals surface area (Å²) in [5.74, 6) is 0.502. The van der Waals surface area contributed by atoms with Crippen molar-refractivity contribution in [2.24, 2.45) is 10.7 Å². The number of hydrogen-bond acceptors (Lipinski definition) is 2. The zero-order valence-corrected chi connectivity index (χ0v) is 16.4. The number of guanidine groups is 1. The lowest BCUT2D eigenvalue weighted by atomic mass is 10.1. The van der Waals surface area contributed by atoms with Crippen molar-refractivity contribution in [1.29, 1.82) is 0 Å². The summed E-state index contributed by atoms with van der Waals surface area (Å²) in [6, 6.07) is 18.5. The van der Waals surface area contributed by atoms with Gasteiger partial charge >= 0.3 is 0 Å². The third kappa shape index (κ3) is 7.79. The van der Waals surface area contributed by atoms with Crippen LogP contribution in [0.15, 0.2) is 59.6 Å². The first-order chi connectivity index (χ1) is 11.3. The van der Waals surface area contributed by atoms with Gasteiger partial charge in [0, 0.05) is 6.54 Å². The van der Waals surface area contributed by atoms with Crippen LogP contribution in [0.25, 0.3) is 0 Å². The normalized spacial score (nSPS) is 11.0. The van der Waals surface area contributed by atoms with E-state index in [9.17, 15) is 0 Å². The molecule has 0 amide bonds. The van der Waals surface area contributed by atoms with E-state index in [-0.39, 0.29) is 24.0 Å². The van der Waals surface area contributed by atoms with Crippen molar-refractivity contribution in [3.63, 3.8) is 0 Å². The van der Waals surface area contributed by atoms with Crippen LogP contribution in [0.4, 0.5) is 0 Å². The zero-order chi connectivity index (χ0) is 16.3. The molecule has 0 aromatic heterocycles. The SMILES string of the molecule is CCCNC(N)=NCc1ccc(COCc2ccccc2)cc1.I. The van der Waals surface area contributed by atoms with E-state index in [1.807, 2.05) is 18.2 Å². The summed E-state index contributed by atoms with van der Waals surface area (Å²) in [6.45, 7) is 4.78. The maximum atomic E-state index is 5.78. The number of hydrogen-bond donors (Lipinski definition) is 2. The highest BCUT2D eigenvalue weighted by Crippen LogP contribution is 2.09. The van der Waals surface area contributed by atoms with E-state index in [4.69, 9.17) is 10.5 Å². The lowest BCUT2D eigenvalue weighted by Crippen LogP contribution is -2.32. The van der Waals surface area contributed by atoms with Crippen molar-refractivity contribution < 1.29 is 4.74 Å². The quantitative estimate of drug-likeness (QED) is 0.374. The predicted octanol–water partition coefficient (Wildman–Crippen LogP) is 3.84. The van der Waals surface area contributed by atoms with Gasteiger partial charge in [0.2, 0.25) is 0 Å². The van der Waals surface area contributed by atoms with Gasteiger partial charge < -0.3 is 15.8 Å². The minimum absolute atomic E-state index is 0. The molecule has 0 saturated heterocycles. The molecule has 2 aromatic rings. The molecular formula is C19H26IN3O. The summed E-state index contributed by atoms with van der Waals surface area (Å²) < 4.78 is 5.73. The van der Waals surface area contributed by atoms with E-state index in [2.05, 4.69) is 53.6 Å². The average Bonchev–Trinajstić information content (AvgIpc) is 2.60. The lowest BCUT2D eigenvalue weighted by Gasteiger charge is -2.06. The average molecular weight is 439 g/mol. The van der Waals surface area contributed by atoms with Crippen LogP contribution in [0.3, 0.4) is 0 Å². The Balaban J connectivity index is 0.00000288. The molecule has 0 unspecified atom stereocenters. The third-order valence-corrected chi connectivity index (χ3v) is 3.39. The van der Waals surface area contributed by atoms with Crippen molar-refractivity contribution in [3.8, 4) is 0 Å². The molecule has 2 aromatic carbocycles. The van der Waals surface area contributed by atoms with Crippen LogP contribution in [0, 0.1) is 0 Å². The van der Waals surface area contributed by atoms with Gasteiger partial charge in [-0.3, -0.25) is 0 Å². The molecule has 0 aliphatic heterocycles. The Morgan fingerprint density at radius 2 is 1.54 bits per heavy atom. The molecule has 0 heterocycles. The van der Waals surface area contributed by atoms with Crippen LogP contribution in [0.1, 0.15) is 30.0 Å². The second-order valence-corrected chi connectivity index (χ2v) is 5.42. The molecule has 0 aliphatic carbocycles. The van der Waals surface area contributed by atoms with Gasteiger partial charge in [0.1, 0.15) is 0 Å². The van der Waals surface area contributed by atoms with Crippen molar-refractivity contribution in [1.82, 2.24) is 5.32 Å². The van der Waals surface area contributed by atoms with Crippen molar-refractivity contribution >= 4 is 29.9 Å². The highest BCUT2D eigenvalue weighted by Gasteiger charge is 1.97. The molecule has 2 rings (SSSR count). The number of ether oxygens (including phenoxy) is 1. The molecule has 24 heavy (non-hydrogen) atoms. The van der Waals surface area contributed by atoms with Crippen LogP contribution < -0.4 is 11.1 Å². The van der Waals surface area contributed by atoms with Crippen LogP contribution in [-0.2, 0) is 24.5 Å². The van der Waals surface area contributed by atoms with Crippen LogP contribution in [0.2, 0.25) is 0 Å². The molecule has 0 spiro atoms. The molecule has 3 N–H and O–H groups in total. The van der Waals surface area contributed by atoms with E-state index >= 15 is 0 Å². The van der Waals surface area contributed by atoms with Crippen molar-refractivity contribution in [3.05, 3.63) is 71.3 Å². The van der Waals surface area contributed by atoms with E-state index < -0.39 is 0 Å². The summed E-state index contributed by atoms with van der Waals surface area (Å²) in [5, 5.41) is 3.07. The number of halogens is 1. The molecule has 0 fully saturated rings. The monoisotopic (exact) mass is 439 g/mol. The second kappa shape index (κ2) is 11.9. The molecule has 130 valence electrons.